The summed E-state index contributed by atoms with van der Waals surface area (Å²) < 4.78 is 14.1. The molecular weight excluding hydrogens is 88.4 g/mol. The van der Waals surface area contributed by atoms with Crippen LogP contribution in [-0.2, 0) is 0 Å². The Morgan fingerprint density at radius 2 is 1.25 bits per heavy atom. The van der Waals surface area contributed by atoms with Gasteiger partial charge in [0.15, 0.2) is 12.3 Å². The zero-order valence-electron chi connectivity index (χ0n) is 2.01. The highest BCUT2D eigenvalue weighted by Crippen LogP contribution is 1.67. The predicted molar refractivity (Wildman–Crippen MR) is 18.6 cm³/mol. The minimum absolute atomic E-state index is 0. The van der Waals surface area contributed by atoms with E-state index < -0.39 is 0 Å². The molecule has 22 valence electrons. The van der Waals surface area contributed by atoms with Crippen LogP contribution in [0.3, 0.4) is 0 Å². The van der Waals surface area contributed by atoms with Crippen LogP contribution < -0.4 is 0 Å². The van der Waals surface area contributed by atoms with Gasteiger partial charge in [-0.1, -0.05) is 0 Å². The summed E-state index contributed by atoms with van der Waals surface area (Å²) in [6.45, 7) is 0. The van der Waals surface area contributed by atoms with E-state index in [1.165, 1.54) is 0 Å². The highest BCUT2D eigenvalue weighted by Gasteiger charge is 1.36. The molecule has 0 aliphatic carbocycles. The quantitative estimate of drug-likeness (QED) is 0.332. The summed E-state index contributed by atoms with van der Waals surface area (Å²) in [5, 5.41) is 0. The van der Waals surface area contributed by atoms with Crippen molar-refractivity contribution in [2.45, 2.75) is 0 Å². The molecule has 0 unspecified atom stereocenters. The van der Waals surface area contributed by atoms with E-state index >= 15 is 0 Å². The summed E-state index contributed by atoms with van der Waals surface area (Å²) in [5.41, 5.74) is 0. The molecule has 0 fully saturated rings. The Balaban J connectivity index is 0. The van der Waals surface area contributed by atoms with Crippen molar-refractivity contribution in [1.82, 2.24) is 0 Å². The predicted octanol–water partition coefficient (Wildman–Crippen LogP) is 0.285. The van der Waals surface area contributed by atoms with Gasteiger partial charge in [0.05, 0.1) is 0 Å². The van der Waals surface area contributed by atoms with Gasteiger partial charge in [0.2, 0.25) is 0 Å². The Hall–Kier alpha value is 1.04. The molecule has 0 amide bonds. The molecule has 0 aromatic carbocycles. The average molecular weight is 90.4 g/mol. The highest BCUT2D eigenvalue weighted by molar-refractivity contribution is 7.87. The van der Waals surface area contributed by atoms with Crippen LogP contribution in [0.4, 0.5) is 0 Å². The summed E-state index contributed by atoms with van der Waals surface area (Å²) in [7, 11) is 0. The van der Waals surface area contributed by atoms with Crippen molar-refractivity contribution in [3.8, 4) is 0 Å². The van der Waals surface area contributed by atoms with Crippen LogP contribution in [0.5, 0.6) is 0 Å². The van der Waals surface area contributed by atoms with Gasteiger partial charge in [0.25, 0.3) is 0 Å². The van der Waals surface area contributed by atoms with E-state index in [9.17, 15) is 0 Å². The highest BCUT2D eigenvalue weighted by atomic mass is 32.2. The molecule has 2 N–H and O–H groups in total. The second-order valence-electron chi connectivity index (χ2n) is 0.0816. The molecule has 0 heterocycles. The van der Waals surface area contributed by atoms with Gasteiger partial charge < -0.3 is 9.11 Å². The maximum absolute atomic E-state index is 7.04. The van der Waals surface area contributed by atoms with Gasteiger partial charge in [-0.15, -0.1) is 0 Å². The van der Waals surface area contributed by atoms with Crippen molar-refractivity contribution in [2.24, 2.45) is 0 Å². The number of rotatable bonds is 0. The molecular formula is H2MgO2S. The second-order valence-corrected chi connectivity index (χ2v) is 0.245. The molecule has 4 heavy (non-hydrogen) atoms. The van der Waals surface area contributed by atoms with Gasteiger partial charge in [0, 0.05) is 23.1 Å². The normalized spacial score (nSPS) is 4.50. The van der Waals surface area contributed by atoms with E-state index in [2.05, 4.69) is 0 Å². The Morgan fingerprint density at radius 1 is 1.25 bits per heavy atom. The smallest absolute Gasteiger partial charge is 0.152 e. The molecule has 4 heteroatoms. The third-order valence-electron chi connectivity index (χ3n) is 0. The van der Waals surface area contributed by atoms with E-state index in [1.807, 2.05) is 0 Å². The van der Waals surface area contributed by atoms with Crippen molar-refractivity contribution in [2.75, 3.05) is 0 Å². The van der Waals surface area contributed by atoms with Gasteiger partial charge in [-0.25, -0.2) is 0 Å². The lowest BCUT2D eigenvalue weighted by atomic mass is 15.9. The maximum atomic E-state index is 7.04. The first-order chi connectivity index (χ1) is 1.41. The third-order valence-corrected chi connectivity index (χ3v) is 0. The van der Waals surface area contributed by atoms with Crippen LogP contribution in [-0.4, -0.2) is 32.2 Å². The largest absolute Gasteiger partial charge is 0.307 e. The fraction of sp³-hybridized carbons (Fsp3) is 0. The van der Waals surface area contributed by atoms with Gasteiger partial charge in [-0.3, -0.25) is 0 Å². The van der Waals surface area contributed by atoms with E-state index in [0.717, 1.165) is 0 Å². The van der Waals surface area contributed by atoms with E-state index in [1.54, 1.807) is 0 Å². The molecule has 0 aliphatic heterocycles. The van der Waals surface area contributed by atoms with Gasteiger partial charge in [0.1, 0.15) is 0 Å². The molecule has 0 atom stereocenters. The fourth-order valence-corrected chi connectivity index (χ4v) is 0. The topological polar surface area (TPSA) is 40.5 Å². The summed E-state index contributed by atoms with van der Waals surface area (Å²) in [6.07, 6.45) is 0. The first-order valence-corrected chi connectivity index (χ1v) is 1.10. The maximum Gasteiger partial charge on any atom is 0.152 e. The molecule has 0 aromatic heterocycles. The average Bonchev–Trinajstić information content (AvgIpc) is 0.918. The minimum atomic E-state index is -0.250. The monoisotopic (exact) mass is 90.0 g/mol. The Kier molecular flexibility index (Phi) is 20.0. The van der Waals surface area contributed by atoms with E-state index in [0.29, 0.717) is 0 Å². The SMILES string of the molecule is OSO.[Mg]. The zero-order chi connectivity index (χ0) is 2.71. The van der Waals surface area contributed by atoms with Crippen LogP contribution >= 0.6 is 12.3 Å². The summed E-state index contributed by atoms with van der Waals surface area (Å²) in [4.78, 5) is 0. The van der Waals surface area contributed by atoms with Crippen LogP contribution in [0.2, 0.25) is 0 Å². The first kappa shape index (κ1) is 8.90. The van der Waals surface area contributed by atoms with Gasteiger partial charge in [-0.05, 0) is 0 Å². The Labute approximate surface area is 44.8 Å². The van der Waals surface area contributed by atoms with Crippen molar-refractivity contribution < 1.29 is 9.11 Å². The van der Waals surface area contributed by atoms with Gasteiger partial charge in [-0.2, -0.15) is 0 Å². The van der Waals surface area contributed by atoms with Gasteiger partial charge >= 0.3 is 0 Å². The standard InChI is InChI=1S/Mg.H2O2S/c;1-3-2/h;1-2H. The second kappa shape index (κ2) is 8.97. The van der Waals surface area contributed by atoms with Crippen molar-refractivity contribution in [1.29, 1.82) is 0 Å². The molecule has 2 radical (unpaired) electrons. The Bertz CT molecular complexity index is 6.00. The molecule has 0 bridgehead atoms. The van der Waals surface area contributed by atoms with Crippen LogP contribution in [0.15, 0.2) is 0 Å². The number of hydrogen-bond donors (Lipinski definition) is 2. The molecule has 0 rings (SSSR count). The first-order valence-electron chi connectivity index (χ1n) is 0.365. The lowest BCUT2D eigenvalue weighted by molar-refractivity contribution is 0.541. The van der Waals surface area contributed by atoms with E-state index in [-0.39, 0.29) is 35.4 Å². The molecule has 0 aromatic rings. The molecule has 0 spiro atoms. The van der Waals surface area contributed by atoms with E-state index in [4.69, 9.17) is 9.11 Å². The van der Waals surface area contributed by atoms with Crippen LogP contribution in [0.1, 0.15) is 0 Å². The van der Waals surface area contributed by atoms with Crippen LogP contribution in [0, 0.1) is 0 Å². The lowest BCUT2D eigenvalue weighted by Gasteiger charge is -1.51. The third kappa shape index (κ3) is 11.7. The fourth-order valence-electron chi connectivity index (χ4n) is 0. The zero-order valence-corrected chi connectivity index (χ0v) is 4.24. The molecule has 0 aliphatic rings. The summed E-state index contributed by atoms with van der Waals surface area (Å²) in [5.74, 6) is 0. The summed E-state index contributed by atoms with van der Waals surface area (Å²) >= 11 is -0.250. The van der Waals surface area contributed by atoms with Crippen molar-refractivity contribution in [3.63, 3.8) is 0 Å². The molecule has 0 saturated heterocycles. The molecule has 0 saturated carbocycles. The van der Waals surface area contributed by atoms with Crippen molar-refractivity contribution >= 4 is 35.4 Å². The molecule has 2 nitrogen and oxygen atoms in total. The van der Waals surface area contributed by atoms with Crippen molar-refractivity contribution in [3.05, 3.63) is 0 Å². The lowest BCUT2D eigenvalue weighted by Crippen LogP contribution is -1.31. The minimum Gasteiger partial charge on any atom is -0.307 e. The number of hydrogen-bond acceptors (Lipinski definition) is 3. The summed E-state index contributed by atoms with van der Waals surface area (Å²) in [6, 6.07) is 0. The Morgan fingerprint density at radius 3 is 1.25 bits per heavy atom. The van der Waals surface area contributed by atoms with Crippen LogP contribution in [0.25, 0.3) is 0 Å².